The number of nitrogens with zero attached hydrogens (tertiary/aromatic N) is 2. The fourth-order valence-corrected chi connectivity index (χ4v) is 5.83. The van der Waals surface area contributed by atoms with Gasteiger partial charge in [0.2, 0.25) is 6.79 Å². The Morgan fingerprint density at radius 1 is 1.15 bits per heavy atom. The fourth-order valence-electron chi connectivity index (χ4n) is 4.95. The Bertz CT molecular complexity index is 1330. The largest absolute Gasteiger partial charge is 0.454 e. The van der Waals surface area contributed by atoms with Gasteiger partial charge in [-0.3, -0.25) is 5.43 Å². The Labute approximate surface area is 220 Å². The first kappa shape index (κ1) is 21.9. The monoisotopic (exact) mass is 628 g/mol. The van der Waals surface area contributed by atoms with Crippen molar-refractivity contribution in [3.63, 3.8) is 0 Å². The summed E-state index contributed by atoms with van der Waals surface area (Å²) >= 11 is 6.01. The number of halogens is 2. The lowest BCUT2D eigenvalue weighted by Gasteiger charge is -2.38. The predicted molar refractivity (Wildman–Crippen MR) is 146 cm³/mol. The molecule has 6 nitrogen and oxygen atoms in total. The van der Waals surface area contributed by atoms with E-state index in [1.165, 1.54) is 11.1 Å². The summed E-state index contributed by atoms with van der Waals surface area (Å²) in [6, 6.07) is 14.8. The summed E-state index contributed by atoms with van der Waals surface area (Å²) in [7, 11) is 0. The zero-order chi connectivity index (χ0) is 23.2. The van der Waals surface area contributed by atoms with Gasteiger partial charge in [0.25, 0.3) is 0 Å². The fraction of sp³-hybridized carbons (Fsp3) is 0.231. The number of hydrogen-bond acceptors (Lipinski definition) is 6. The van der Waals surface area contributed by atoms with Gasteiger partial charge in [-0.15, -0.1) is 0 Å². The highest BCUT2D eigenvalue weighted by Gasteiger charge is 2.39. The lowest BCUT2D eigenvalue weighted by Crippen LogP contribution is -2.29. The maximum absolute atomic E-state index is 5.66. The molecule has 2 N–H and O–H groups in total. The summed E-state index contributed by atoms with van der Waals surface area (Å²) < 4.78 is 13.3. The molecule has 3 aliphatic rings. The Balaban J connectivity index is 1.30. The first-order valence-corrected chi connectivity index (χ1v) is 13.0. The molecule has 3 aromatic rings. The number of fused-ring (bicyclic) bond motifs is 4. The van der Waals surface area contributed by atoms with Crippen LogP contribution in [0, 0.1) is 9.49 Å². The van der Waals surface area contributed by atoms with E-state index in [1.807, 2.05) is 31.3 Å². The molecule has 8 heteroatoms. The molecular weight excluding hydrogens is 607 g/mol. The minimum Gasteiger partial charge on any atom is -0.454 e. The third-order valence-corrected chi connectivity index (χ3v) is 8.00. The van der Waals surface area contributed by atoms with E-state index in [-0.39, 0.29) is 12.8 Å². The Hall–Kier alpha value is -2.59. The highest BCUT2D eigenvalue weighted by molar-refractivity contribution is 14.1. The van der Waals surface area contributed by atoms with E-state index in [4.69, 9.17) is 9.47 Å². The third kappa shape index (κ3) is 3.96. The minimum atomic E-state index is 0.172. The zero-order valence-electron chi connectivity index (χ0n) is 18.4. The summed E-state index contributed by atoms with van der Waals surface area (Å²) in [6.07, 6.45) is 7.50. The van der Waals surface area contributed by atoms with E-state index in [9.17, 15) is 0 Å². The first-order chi connectivity index (χ1) is 16.6. The van der Waals surface area contributed by atoms with E-state index in [1.54, 1.807) is 0 Å². The van der Waals surface area contributed by atoms with E-state index in [0.29, 0.717) is 11.8 Å². The van der Waals surface area contributed by atoms with Gasteiger partial charge in [0.15, 0.2) is 11.5 Å². The summed E-state index contributed by atoms with van der Waals surface area (Å²) in [5, 5.41) is 8.38. The first-order valence-electron chi connectivity index (χ1n) is 11.2. The van der Waals surface area contributed by atoms with Crippen molar-refractivity contribution >= 4 is 55.7 Å². The maximum atomic E-state index is 5.66. The second-order valence-electron chi connectivity index (χ2n) is 8.68. The summed E-state index contributed by atoms with van der Waals surface area (Å²) in [4.78, 5) is 4.36. The van der Waals surface area contributed by atoms with Crippen LogP contribution in [0.15, 0.2) is 70.4 Å². The molecule has 0 amide bonds. The Morgan fingerprint density at radius 2 is 2.00 bits per heavy atom. The Morgan fingerprint density at radius 3 is 2.82 bits per heavy atom. The van der Waals surface area contributed by atoms with E-state index >= 15 is 0 Å². The molecule has 1 unspecified atom stereocenters. The lowest BCUT2D eigenvalue weighted by molar-refractivity contribution is 0.174. The van der Waals surface area contributed by atoms with Crippen LogP contribution in [0.5, 0.6) is 11.5 Å². The van der Waals surface area contributed by atoms with Gasteiger partial charge in [-0.1, -0.05) is 34.1 Å². The van der Waals surface area contributed by atoms with Crippen LogP contribution in [0.25, 0.3) is 0 Å². The van der Waals surface area contributed by atoms with Crippen LogP contribution in [0.3, 0.4) is 0 Å². The van der Waals surface area contributed by atoms with Crippen molar-refractivity contribution in [1.82, 2.24) is 4.98 Å². The van der Waals surface area contributed by atoms with Crippen molar-refractivity contribution in [1.29, 1.82) is 0 Å². The summed E-state index contributed by atoms with van der Waals surface area (Å²) in [6.45, 7) is 2.30. The predicted octanol–water partition coefficient (Wildman–Crippen LogP) is 6.84. The Kier molecular flexibility index (Phi) is 5.73. The number of aromatic nitrogens is 1. The van der Waals surface area contributed by atoms with Crippen LogP contribution < -0.4 is 20.2 Å². The number of rotatable bonds is 4. The van der Waals surface area contributed by atoms with Gasteiger partial charge in [0.1, 0.15) is 5.82 Å². The normalized spacial score (nSPS) is 22.2. The second-order valence-corrected chi connectivity index (χ2v) is 10.8. The van der Waals surface area contributed by atoms with Crippen LogP contribution in [0.1, 0.15) is 42.0 Å². The van der Waals surface area contributed by atoms with Gasteiger partial charge >= 0.3 is 0 Å². The van der Waals surface area contributed by atoms with Gasteiger partial charge in [-0.05, 0) is 94.9 Å². The number of anilines is 2. The molecule has 0 radical (unpaired) electrons. The molecular formula is C26H22BrIN4O2. The van der Waals surface area contributed by atoms with E-state index < -0.39 is 0 Å². The quantitative estimate of drug-likeness (QED) is 0.143. The number of hydrazone groups is 1. The maximum Gasteiger partial charge on any atom is 0.231 e. The smallest absolute Gasteiger partial charge is 0.231 e. The van der Waals surface area contributed by atoms with Crippen LogP contribution >= 0.6 is 38.5 Å². The van der Waals surface area contributed by atoms with Crippen LogP contribution in [0.2, 0.25) is 0 Å². The van der Waals surface area contributed by atoms with Crippen molar-refractivity contribution < 1.29 is 9.47 Å². The topological polar surface area (TPSA) is 67.8 Å². The molecule has 1 aliphatic carbocycles. The van der Waals surface area contributed by atoms with Crippen molar-refractivity contribution in [2.45, 2.75) is 25.3 Å². The molecule has 1 aromatic heterocycles. The third-order valence-electron chi connectivity index (χ3n) is 6.67. The van der Waals surface area contributed by atoms with E-state index in [0.717, 1.165) is 48.7 Å². The average molecular weight is 629 g/mol. The molecule has 2 aromatic carbocycles. The lowest BCUT2D eigenvalue weighted by atomic mass is 9.76. The highest BCUT2D eigenvalue weighted by Crippen LogP contribution is 2.52. The molecule has 0 saturated carbocycles. The molecule has 0 saturated heterocycles. The zero-order valence-corrected chi connectivity index (χ0v) is 22.1. The molecule has 0 fully saturated rings. The van der Waals surface area contributed by atoms with Crippen molar-refractivity contribution in [3.05, 3.63) is 85.5 Å². The van der Waals surface area contributed by atoms with Gasteiger partial charge < -0.3 is 14.8 Å². The molecule has 3 heterocycles. The van der Waals surface area contributed by atoms with Gasteiger partial charge in [-0.25, -0.2) is 4.98 Å². The standard InChI is InChI=1S/C26H22BrIN4O2/c1-14(31-32-25-8-6-16(28)12-29-25)15-5-7-22-19(9-15)17-3-2-4-18(17)26(30-22)20-10-23-24(11-21(20)27)34-13-33-23/h2-3,5-12,17-18,26,30H,4,13H2,1H3,(H,29,32)/b31-14+/t17-,18+,26?/m1/s1. The molecule has 0 spiro atoms. The van der Waals surface area contributed by atoms with Crippen LogP contribution in [-0.2, 0) is 0 Å². The number of hydrogen-bond donors (Lipinski definition) is 2. The van der Waals surface area contributed by atoms with Gasteiger partial charge in [0.05, 0.1) is 11.8 Å². The number of nitrogens with one attached hydrogen (secondary N) is 2. The SMILES string of the molecule is C/C(=N\Nc1ccc(I)cn1)c1ccc2c(c1)[C@@H]1C=CC[C@@H]1C(c1cc3c(cc1Br)OCO3)N2. The van der Waals surface area contributed by atoms with Gasteiger partial charge in [-0.2, -0.15) is 5.10 Å². The molecule has 3 atom stereocenters. The number of benzene rings is 2. The average Bonchev–Trinajstić information content (AvgIpc) is 3.52. The number of ether oxygens (including phenoxy) is 2. The van der Waals surface area contributed by atoms with Crippen molar-refractivity contribution in [2.24, 2.45) is 11.0 Å². The van der Waals surface area contributed by atoms with Crippen molar-refractivity contribution in [3.8, 4) is 11.5 Å². The summed E-state index contributed by atoms with van der Waals surface area (Å²) in [5.41, 5.74) is 8.75. The number of pyridine rings is 1. The molecule has 6 rings (SSSR count). The molecule has 172 valence electrons. The summed E-state index contributed by atoms with van der Waals surface area (Å²) in [5.74, 6) is 3.10. The molecule has 34 heavy (non-hydrogen) atoms. The van der Waals surface area contributed by atoms with Gasteiger partial charge in [0, 0.05) is 25.8 Å². The number of allylic oxidation sites excluding steroid dienone is 2. The minimum absolute atomic E-state index is 0.172. The highest BCUT2D eigenvalue weighted by atomic mass is 127. The second kappa shape index (κ2) is 8.88. The van der Waals surface area contributed by atoms with Crippen molar-refractivity contribution in [2.75, 3.05) is 17.5 Å². The van der Waals surface area contributed by atoms with E-state index in [2.05, 4.69) is 95.8 Å². The molecule has 0 bridgehead atoms. The van der Waals surface area contributed by atoms with Crippen LogP contribution in [-0.4, -0.2) is 17.5 Å². The molecule has 2 aliphatic heterocycles. The van der Waals surface area contributed by atoms with Crippen LogP contribution in [0.4, 0.5) is 11.5 Å².